The van der Waals surface area contributed by atoms with Crippen LogP contribution in [0.3, 0.4) is 0 Å². The van der Waals surface area contributed by atoms with Gasteiger partial charge < -0.3 is 14.8 Å². The summed E-state index contributed by atoms with van der Waals surface area (Å²) in [4.78, 5) is 0. The number of hydrogen-bond acceptors (Lipinski definition) is 6. The van der Waals surface area contributed by atoms with Crippen LogP contribution in [0.15, 0.2) is 48.5 Å². The van der Waals surface area contributed by atoms with E-state index in [-0.39, 0.29) is 6.04 Å². The Balaban J connectivity index is 1.77. The largest absolute Gasteiger partial charge is 0.493 e. The van der Waals surface area contributed by atoms with E-state index in [2.05, 4.69) is 26.9 Å². The van der Waals surface area contributed by atoms with Crippen LogP contribution in [0.4, 0.5) is 5.95 Å². The molecule has 0 saturated heterocycles. The van der Waals surface area contributed by atoms with Crippen LogP contribution in [0.2, 0.25) is 5.02 Å². The lowest BCUT2D eigenvalue weighted by atomic mass is 10.0. The predicted molar refractivity (Wildman–Crippen MR) is 103 cm³/mol. The molecule has 0 fully saturated rings. The van der Waals surface area contributed by atoms with Gasteiger partial charge in [0.1, 0.15) is 6.04 Å². The first-order chi connectivity index (χ1) is 13.2. The van der Waals surface area contributed by atoms with Gasteiger partial charge in [0.25, 0.3) is 0 Å². The molecule has 0 amide bonds. The van der Waals surface area contributed by atoms with Crippen LogP contribution in [0, 0.1) is 0 Å². The van der Waals surface area contributed by atoms with Gasteiger partial charge in [-0.25, -0.2) is 0 Å². The molecular weight excluding hydrogens is 366 g/mol. The molecule has 0 radical (unpaired) electrons. The fourth-order valence-corrected chi connectivity index (χ4v) is 3.16. The Bertz CT molecular complexity index is 984. The molecule has 2 heterocycles. The minimum atomic E-state index is -0.188. The van der Waals surface area contributed by atoms with Gasteiger partial charge in [0.15, 0.2) is 11.5 Å². The number of benzene rings is 2. The van der Waals surface area contributed by atoms with Crippen molar-refractivity contribution < 1.29 is 9.47 Å². The van der Waals surface area contributed by atoms with Crippen LogP contribution >= 0.6 is 11.6 Å². The van der Waals surface area contributed by atoms with Crippen LogP contribution in [0.1, 0.15) is 24.1 Å². The van der Waals surface area contributed by atoms with Crippen LogP contribution in [0.25, 0.3) is 5.70 Å². The summed E-state index contributed by atoms with van der Waals surface area (Å²) in [6.07, 6.45) is 2.07. The van der Waals surface area contributed by atoms with Gasteiger partial charge in [0, 0.05) is 10.7 Å². The van der Waals surface area contributed by atoms with Crippen LogP contribution in [0.5, 0.6) is 11.5 Å². The number of allylic oxidation sites excluding steroid dienone is 1. The van der Waals surface area contributed by atoms with Crippen molar-refractivity contribution in [2.45, 2.75) is 13.0 Å². The molecule has 138 valence electrons. The van der Waals surface area contributed by atoms with Crippen molar-refractivity contribution in [3.05, 3.63) is 64.7 Å². The van der Waals surface area contributed by atoms with Crippen molar-refractivity contribution in [1.82, 2.24) is 20.2 Å². The highest BCUT2D eigenvalue weighted by Gasteiger charge is 2.25. The summed E-state index contributed by atoms with van der Waals surface area (Å²) >= 11 is 6.01. The third kappa shape index (κ3) is 3.33. The summed E-state index contributed by atoms with van der Waals surface area (Å²) in [6.45, 7) is 2.51. The van der Waals surface area contributed by atoms with Crippen molar-refractivity contribution in [2.24, 2.45) is 0 Å². The van der Waals surface area contributed by atoms with Crippen molar-refractivity contribution in [1.29, 1.82) is 0 Å². The van der Waals surface area contributed by atoms with E-state index in [0.29, 0.717) is 29.1 Å². The van der Waals surface area contributed by atoms with Crippen LogP contribution < -0.4 is 14.8 Å². The second-order valence-corrected chi connectivity index (χ2v) is 6.38. The molecule has 1 unspecified atom stereocenters. The van der Waals surface area contributed by atoms with Gasteiger partial charge in [-0.2, -0.15) is 4.68 Å². The van der Waals surface area contributed by atoms with Gasteiger partial charge in [0.05, 0.1) is 13.7 Å². The van der Waals surface area contributed by atoms with E-state index in [9.17, 15) is 0 Å². The predicted octanol–water partition coefficient (Wildman–Crippen LogP) is 3.79. The zero-order valence-electron chi connectivity index (χ0n) is 14.9. The minimum absolute atomic E-state index is 0.188. The summed E-state index contributed by atoms with van der Waals surface area (Å²) in [7, 11) is 1.63. The van der Waals surface area contributed by atoms with Crippen LogP contribution in [-0.2, 0) is 0 Å². The number of rotatable bonds is 5. The Kier molecular flexibility index (Phi) is 4.68. The zero-order valence-corrected chi connectivity index (χ0v) is 15.6. The molecule has 0 aliphatic carbocycles. The molecule has 0 saturated carbocycles. The lowest BCUT2D eigenvalue weighted by molar-refractivity contribution is 0.310. The van der Waals surface area contributed by atoms with E-state index in [1.165, 1.54) is 0 Å². The molecule has 7 nitrogen and oxygen atoms in total. The highest BCUT2D eigenvalue weighted by molar-refractivity contribution is 6.30. The molecule has 1 aliphatic heterocycles. The maximum atomic E-state index is 6.01. The van der Waals surface area contributed by atoms with Gasteiger partial charge in [-0.15, -0.1) is 0 Å². The Morgan fingerprint density at radius 1 is 1.15 bits per heavy atom. The molecule has 0 bridgehead atoms. The van der Waals surface area contributed by atoms with Crippen LogP contribution in [-0.4, -0.2) is 33.9 Å². The number of methoxy groups -OCH3 is 1. The standard InChI is InChI=1S/C19H18ClN5O2/c1-3-27-17-9-6-13(10-18(17)26-2)16-11-15(12-4-7-14(20)8-5-12)21-19-22-23-24-25(16)19/h4-11,16H,3H2,1-2H3,(H,21,22,24). The number of fused-ring (bicyclic) bond motifs is 1. The highest BCUT2D eigenvalue weighted by Crippen LogP contribution is 2.36. The fraction of sp³-hybridized carbons (Fsp3) is 0.211. The van der Waals surface area contributed by atoms with Crippen molar-refractivity contribution in [3.63, 3.8) is 0 Å². The van der Waals surface area contributed by atoms with Gasteiger partial charge in [-0.3, -0.25) is 0 Å². The second kappa shape index (κ2) is 7.28. The first-order valence-electron chi connectivity index (χ1n) is 8.53. The zero-order chi connectivity index (χ0) is 18.8. The van der Waals surface area contributed by atoms with E-state index in [1.807, 2.05) is 49.4 Å². The number of tetrazole rings is 1. The summed E-state index contributed by atoms with van der Waals surface area (Å²) in [6, 6.07) is 13.3. The maximum absolute atomic E-state index is 6.01. The Labute approximate surface area is 161 Å². The summed E-state index contributed by atoms with van der Waals surface area (Å²) in [5.41, 5.74) is 2.89. The number of nitrogens with zero attached hydrogens (tertiary/aromatic N) is 4. The van der Waals surface area contributed by atoms with E-state index >= 15 is 0 Å². The molecule has 8 heteroatoms. The van der Waals surface area contributed by atoms with Crippen molar-refractivity contribution >= 4 is 23.2 Å². The number of hydrogen-bond donors (Lipinski definition) is 1. The average molecular weight is 384 g/mol. The smallest absolute Gasteiger partial charge is 0.248 e. The van der Waals surface area contributed by atoms with Crippen molar-refractivity contribution in [3.8, 4) is 11.5 Å². The van der Waals surface area contributed by atoms with Gasteiger partial charge >= 0.3 is 0 Å². The van der Waals surface area contributed by atoms with Gasteiger partial charge in [-0.1, -0.05) is 34.9 Å². The SMILES string of the molecule is CCOc1ccc(C2C=C(c3ccc(Cl)cc3)Nc3nnnn32)cc1OC. The number of halogens is 1. The first kappa shape index (κ1) is 17.4. The average Bonchev–Trinajstić information content (AvgIpc) is 3.17. The van der Waals surface area contributed by atoms with Gasteiger partial charge in [0.2, 0.25) is 5.95 Å². The van der Waals surface area contributed by atoms with Crippen molar-refractivity contribution in [2.75, 3.05) is 19.0 Å². The van der Waals surface area contributed by atoms with E-state index in [4.69, 9.17) is 21.1 Å². The second-order valence-electron chi connectivity index (χ2n) is 5.95. The van der Waals surface area contributed by atoms with E-state index in [0.717, 1.165) is 16.8 Å². The molecule has 4 rings (SSSR count). The topological polar surface area (TPSA) is 74.1 Å². The fourth-order valence-electron chi connectivity index (χ4n) is 3.03. The molecule has 1 aliphatic rings. The molecule has 1 N–H and O–H groups in total. The molecule has 1 atom stereocenters. The van der Waals surface area contributed by atoms with E-state index in [1.54, 1.807) is 11.8 Å². The quantitative estimate of drug-likeness (QED) is 0.722. The molecule has 2 aromatic carbocycles. The highest BCUT2D eigenvalue weighted by atomic mass is 35.5. The monoisotopic (exact) mass is 383 g/mol. The molecular formula is C19H18ClN5O2. The minimum Gasteiger partial charge on any atom is -0.493 e. The summed E-state index contributed by atoms with van der Waals surface area (Å²) in [5, 5.41) is 16.0. The normalized spacial score (nSPS) is 15.5. The Morgan fingerprint density at radius 3 is 2.70 bits per heavy atom. The molecule has 1 aromatic heterocycles. The summed E-state index contributed by atoms with van der Waals surface area (Å²) in [5.74, 6) is 1.95. The molecule has 27 heavy (non-hydrogen) atoms. The Hall–Kier alpha value is -3.06. The summed E-state index contributed by atoms with van der Waals surface area (Å²) < 4.78 is 12.8. The lowest BCUT2D eigenvalue weighted by Crippen LogP contribution is -2.20. The number of ether oxygens (including phenoxy) is 2. The third-order valence-electron chi connectivity index (χ3n) is 4.31. The Morgan fingerprint density at radius 2 is 1.96 bits per heavy atom. The first-order valence-corrected chi connectivity index (χ1v) is 8.90. The molecule has 3 aromatic rings. The maximum Gasteiger partial charge on any atom is 0.248 e. The molecule has 0 spiro atoms. The van der Waals surface area contributed by atoms with E-state index < -0.39 is 0 Å². The number of anilines is 1. The number of aromatic nitrogens is 4. The lowest BCUT2D eigenvalue weighted by Gasteiger charge is -2.24. The third-order valence-corrected chi connectivity index (χ3v) is 4.56. The van der Waals surface area contributed by atoms with Gasteiger partial charge in [-0.05, 0) is 58.8 Å². The number of nitrogens with one attached hydrogen (secondary N) is 1.